The van der Waals surface area contributed by atoms with Crippen LogP contribution in [0.3, 0.4) is 0 Å². The lowest BCUT2D eigenvalue weighted by Gasteiger charge is -2.33. The Hall–Kier alpha value is -3.12. The van der Waals surface area contributed by atoms with E-state index in [0.717, 1.165) is 30.7 Å². The minimum Gasteiger partial charge on any atom is -0.436 e. The monoisotopic (exact) mass is 422 g/mol. The van der Waals surface area contributed by atoms with Crippen LogP contribution in [-0.2, 0) is 4.79 Å². The van der Waals surface area contributed by atoms with E-state index < -0.39 is 0 Å². The maximum Gasteiger partial charge on any atom is 0.263 e. The highest BCUT2D eigenvalue weighted by atomic mass is 35.5. The molecule has 0 spiro atoms. The summed E-state index contributed by atoms with van der Waals surface area (Å²) in [6, 6.07) is 15.0. The molecule has 1 saturated heterocycles. The van der Waals surface area contributed by atoms with Gasteiger partial charge in [-0.3, -0.25) is 4.79 Å². The van der Waals surface area contributed by atoms with Crippen molar-refractivity contribution in [3.8, 4) is 11.6 Å². The summed E-state index contributed by atoms with van der Waals surface area (Å²) >= 11 is 6.02. The first-order valence-electron chi connectivity index (χ1n) is 9.96. The Bertz CT molecular complexity index is 1040. The largest absolute Gasteiger partial charge is 0.436 e. The lowest BCUT2D eigenvalue weighted by atomic mass is 9.97. The molecule has 0 radical (unpaired) electrons. The third-order valence-corrected chi connectivity index (χ3v) is 5.37. The van der Waals surface area contributed by atoms with Crippen LogP contribution in [0.2, 0.25) is 5.02 Å². The first-order valence-corrected chi connectivity index (χ1v) is 10.3. The molecule has 3 aromatic rings. The van der Waals surface area contributed by atoms with Crippen molar-refractivity contribution >= 4 is 29.0 Å². The van der Waals surface area contributed by atoms with Gasteiger partial charge in [0.05, 0.1) is 5.92 Å². The molecule has 1 N–H and O–H groups in total. The Morgan fingerprint density at radius 1 is 1.17 bits per heavy atom. The second kappa shape index (κ2) is 9.13. The summed E-state index contributed by atoms with van der Waals surface area (Å²) in [6.45, 7) is 3.33. The Morgan fingerprint density at radius 3 is 2.83 bits per heavy atom. The van der Waals surface area contributed by atoms with Crippen LogP contribution in [0.15, 0.2) is 60.9 Å². The summed E-state index contributed by atoms with van der Waals surface area (Å²) in [5.74, 6) is 1.66. The Labute approximate surface area is 180 Å². The maximum atomic E-state index is 12.8. The second-order valence-electron chi connectivity index (χ2n) is 7.34. The van der Waals surface area contributed by atoms with Gasteiger partial charge in [-0.15, -0.1) is 0 Å². The van der Waals surface area contributed by atoms with Crippen LogP contribution in [0.4, 0.5) is 11.5 Å². The molecule has 2 aromatic carbocycles. The topological polar surface area (TPSA) is 67.4 Å². The van der Waals surface area contributed by atoms with E-state index in [2.05, 4.69) is 20.2 Å². The van der Waals surface area contributed by atoms with Gasteiger partial charge in [-0.2, -0.15) is 0 Å². The van der Waals surface area contributed by atoms with Gasteiger partial charge >= 0.3 is 0 Å². The molecular weight excluding hydrogens is 400 g/mol. The molecule has 6 nitrogen and oxygen atoms in total. The van der Waals surface area contributed by atoms with Crippen LogP contribution >= 0.6 is 11.6 Å². The predicted octanol–water partition coefficient (Wildman–Crippen LogP) is 5.09. The standard InChI is InChI=1S/C23H23ClN4O2/c1-16-6-2-3-10-20(16)30-23-21(25-11-12-26-23)28-13-5-7-17(15-28)22(29)27-19-9-4-8-18(24)14-19/h2-4,6,8-12,14,17H,5,7,13,15H2,1H3,(H,27,29)/t17-/m0/s1. The summed E-state index contributed by atoms with van der Waals surface area (Å²) in [4.78, 5) is 23.8. The number of nitrogens with one attached hydrogen (secondary N) is 1. The molecule has 0 bridgehead atoms. The number of amides is 1. The quantitative estimate of drug-likeness (QED) is 0.620. The lowest BCUT2D eigenvalue weighted by Crippen LogP contribution is -2.41. The SMILES string of the molecule is Cc1ccccc1Oc1nccnc1N1CCC[C@H](C(=O)Nc2cccc(Cl)c2)C1. The van der Waals surface area contributed by atoms with Gasteiger partial charge < -0.3 is 15.0 Å². The van der Waals surface area contributed by atoms with E-state index in [1.807, 2.05) is 43.3 Å². The second-order valence-corrected chi connectivity index (χ2v) is 7.77. The van der Waals surface area contributed by atoms with Crippen molar-refractivity contribution in [2.24, 2.45) is 5.92 Å². The number of aryl methyl sites for hydroxylation is 1. The molecule has 0 saturated carbocycles. The van der Waals surface area contributed by atoms with Gasteiger partial charge in [-0.05, 0) is 49.6 Å². The fraction of sp³-hybridized carbons (Fsp3) is 0.261. The van der Waals surface area contributed by atoms with Gasteiger partial charge in [0.25, 0.3) is 5.88 Å². The van der Waals surface area contributed by atoms with Crippen molar-refractivity contribution in [2.45, 2.75) is 19.8 Å². The Kier molecular flexibility index (Phi) is 6.14. The number of hydrogen-bond acceptors (Lipinski definition) is 5. The highest BCUT2D eigenvalue weighted by Gasteiger charge is 2.28. The van der Waals surface area contributed by atoms with Crippen LogP contribution in [-0.4, -0.2) is 29.0 Å². The minimum absolute atomic E-state index is 0.0211. The summed E-state index contributed by atoms with van der Waals surface area (Å²) in [5.41, 5.74) is 1.72. The van der Waals surface area contributed by atoms with Crippen LogP contribution < -0.4 is 15.0 Å². The average molecular weight is 423 g/mol. The number of piperidine rings is 1. The molecule has 4 rings (SSSR count). The van der Waals surface area contributed by atoms with Gasteiger partial charge in [-0.25, -0.2) is 9.97 Å². The summed E-state index contributed by atoms with van der Waals surface area (Å²) in [5, 5.41) is 3.56. The molecular formula is C23H23ClN4O2. The summed E-state index contributed by atoms with van der Waals surface area (Å²) in [6.07, 6.45) is 4.96. The number of carbonyl (C=O) groups is 1. The van der Waals surface area contributed by atoms with E-state index >= 15 is 0 Å². The molecule has 1 aromatic heterocycles. The zero-order chi connectivity index (χ0) is 20.9. The number of rotatable bonds is 5. The number of ether oxygens (including phenoxy) is 1. The van der Waals surface area contributed by atoms with Gasteiger partial charge in [0, 0.05) is 36.2 Å². The van der Waals surface area contributed by atoms with Gasteiger partial charge in [0.2, 0.25) is 5.91 Å². The molecule has 1 fully saturated rings. The number of nitrogens with zero attached hydrogens (tertiary/aromatic N) is 3. The summed E-state index contributed by atoms with van der Waals surface area (Å²) < 4.78 is 6.07. The van der Waals surface area contributed by atoms with Crippen molar-refractivity contribution in [1.82, 2.24) is 9.97 Å². The maximum absolute atomic E-state index is 12.8. The predicted molar refractivity (Wildman–Crippen MR) is 118 cm³/mol. The lowest BCUT2D eigenvalue weighted by molar-refractivity contribution is -0.120. The van der Waals surface area contributed by atoms with Crippen molar-refractivity contribution in [1.29, 1.82) is 0 Å². The van der Waals surface area contributed by atoms with E-state index in [0.29, 0.717) is 29.0 Å². The summed E-state index contributed by atoms with van der Waals surface area (Å²) in [7, 11) is 0. The van der Waals surface area contributed by atoms with Crippen molar-refractivity contribution in [3.63, 3.8) is 0 Å². The molecule has 0 unspecified atom stereocenters. The number of benzene rings is 2. The van der Waals surface area contributed by atoms with Crippen LogP contribution in [0.5, 0.6) is 11.6 Å². The molecule has 0 aliphatic carbocycles. The zero-order valence-corrected chi connectivity index (χ0v) is 17.5. The van der Waals surface area contributed by atoms with E-state index in [4.69, 9.17) is 16.3 Å². The normalized spacial score (nSPS) is 16.2. The number of para-hydroxylation sites is 1. The number of anilines is 2. The molecule has 7 heteroatoms. The van der Waals surface area contributed by atoms with E-state index in [9.17, 15) is 4.79 Å². The van der Waals surface area contributed by atoms with Gasteiger partial charge in [0.15, 0.2) is 5.82 Å². The molecule has 1 aliphatic rings. The van der Waals surface area contributed by atoms with Crippen molar-refractivity contribution in [2.75, 3.05) is 23.3 Å². The zero-order valence-electron chi connectivity index (χ0n) is 16.7. The number of hydrogen-bond donors (Lipinski definition) is 1. The molecule has 1 aliphatic heterocycles. The highest BCUT2D eigenvalue weighted by molar-refractivity contribution is 6.30. The molecule has 1 atom stereocenters. The first kappa shape index (κ1) is 20.2. The van der Waals surface area contributed by atoms with Crippen molar-refractivity contribution in [3.05, 3.63) is 71.5 Å². The van der Waals surface area contributed by atoms with E-state index in [1.165, 1.54) is 0 Å². The third kappa shape index (κ3) is 4.71. The molecule has 30 heavy (non-hydrogen) atoms. The average Bonchev–Trinajstić information content (AvgIpc) is 2.76. The third-order valence-electron chi connectivity index (χ3n) is 5.13. The van der Waals surface area contributed by atoms with Crippen LogP contribution in [0.1, 0.15) is 18.4 Å². The van der Waals surface area contributed by atoms with E-state index in [1.54, 1.807) is 24.5 Å². The number of carbonyl (C=O) groups excluding carboxylic acids is 1. The van der Waals surface area contributed by atoms with Crippen LogP contribution in [0, 0.1) is 12.8 Å². The smallest absolute Gasteiger partial charge is 0.263 e. The van der Waals surface area contributed by atoms with E-state index in [-0.39, 0.29) is 11.8 Å². The minimum atomic E-state index is -0.161. The Balaban J connectivity index is 1.49. The molecule has 2 heterocycles. The van der Waals surface area contributed by atoms with Crippen LogP contribution in [0.25, 0.3) is 0 Å². The highest BCUT2D eigenvalue weighted by Crippen LogP contribution is 2.32. The van der Waals surface area contributed by atoms with Gasteiger partial charge in [-0.1, -0.05) is 35.9 Å². The number of halogens is 1. The first-order chi connectivity index (χ1) is 14.6. The van der Waals surface area contributed by atoms with Crippen molar-refractivity contribution < 1.29 is 9.53 Å². The fourth-order valence-electron chi connectivity index (χ4n) is 3.58. The molecule has 154 valence electrons. The fourth-order valence-corrected chi connectivity index (χ4v) is 3.77. The van der Waals surface area contributed by atoms with Gasteiger partial charge in [0.1, 0.15) is 5.75 Å². The Morgan fingerprint density at radius 2 is 2.00 bits per heavy atom. The molecule has 1 amide bonds. The number of aromatic nitrogens is 2.